The number of carbonyl (C=O) groups is 2. The number of rotatable bonds is 4. The highest BCUT2D eigenvalue weighted by atomic mass is 16.4. The number of nitrogens with one attached hydrogen (secondary N) is 1. The predicted octanol–water partition coefficient (Wildman–Crippen LogP) is 3.61. The molecule has 0 spiro atoms. The fourth-order valence-corrected chi connectivity index (χ4v) is 2.41. The Morgan fingerprint density at radius 2 is 1.45 bits per heavy atom. The summed E-state index contributed by atoms with van der Waals surface area (Å²) >= 11 is 0. The maximum Gasteiger partial charge on any atom is 0.337 e. The van der Waals surface area contributed by atoms with Crippen LogP contribution in [0.1, 0.15) is 26.4 Å². The van der Waals surface area contributed by atoms with E-state index in [1.54, 1.807) is 36.4 Å². The van der Waals surface area contributed by atoms with Gasteiger partial charge in [-0.15, -0.1) is 0 Å². The monoisotopic (exact) mass is 291 g/mol. The van der Waals surface area contributed by atoms with Gasteiger partial charge in [0.2, 0.25) is 5.78 Å². The van der Waals surface area contributed by atoms with Crippen molar-refractivity contribution in [3.05, 3.63) is 83.7 Å². The van der Waals surface area contributed by atoms with Crippen molar-refractivity contribution in [3.8, 4) is 11.1 Å². The number of hydrogen-bond donors (Lipinski definition) is 2. The molecule has 0 aliphatic carbocycles. The topological polar surface area (TPSA) is 70.2 Å². The maximum absolute atomic E-state index is 12.7. The summed E-state index contributed by atoms with van der Waals surface area (Å²) in [6.45, 7) is 0. The van der Waals surface area contributed by atoms with Crippen molar-refractivity contribution in [1.82, 2.24) is 4.98 Å². The van der Waals surface area contributed by atoms with Crippen LogP contribution in [0.3, 0.4) is 0 Å². The van der Waals surface area contributed by atoms with Crippen LogP contribution in [0.2, 0.25) is 0 Å². The molecule has 0 saturated carbocycles. The number of aromatic carboxylic acids is 1. The Kier molecular flexibility index (Phi) is 3.58. The summed E-state index contributed by atoms with van der Waals surface area (Å²) in [5.74, 6) is -1.30. The molecule has 3 aromatic rings. The number of carboxylic acids is 1. The van der Waals surface area contributed by atoms with E-state index in [1.165, 1.54) is 6.20 Å². The average molecular weight is 291 g/mol. The van der Waals surface area contributed by atoms with Crippen molar-refractivity contribution >= 4 is 11.8 Å². The summed E-state index contributed by atoms with van der Waals surface area (Å²) in [5, 5.41) is 9.36. The highest BCUT2D eigenvalue weighted by Crippen LogP contribution is 2.29. The zero-order valence-electron chi connectivity index (χ0n) is 11.6. The smallest absolute Gasteiger partial charge is 0.337 e. The molecule has 22 heavy (non-hydrogen) atoms. The molecule has 4 heteroatoms. The van der Waals surface area contributed by atoms with E-state index >= 15 is 0 Å². The van der Waals surface area contributed by atoms with Crippen molar-refractivity contribution in [2.75, 3.05) is 0 Å². The number of H-pyrrole nitrogens is 1. The lowest BCUT2D eigenvalue weighted by Crippen LogP contribution is -2.05. The van der Waals surface area contributed by atoms with Crippen molar-refractivity contribution in [2.45, 2.75) is 0 Å². The van der Waals surface area contributed by atoms with E-state index in [1.807, 2.05) is 24.3 Å². The van der Waals surface area contributed by atoms with Crippen molar-refractivity contribution < 1.29 is 14.7 Å². The minimum absolute atomic E-state index is 0.0884. The minimum Gasteiger partial charge on any atom is -0.478 e. The normalized spacial score (nSPS) is 10.4. The molecule has 2 aromatic carbocycles. The Labute approximate surface area is 127 Å². The lowest BCUT2D eigenvalue weighted by atomic mass is 9.97. The maximum atomic E-state index is 12.7. The van der Waals surface area contributed by atoms with Gasteiger partial charge >= 0.3 is 5.97 Å². The van der Waals surface area contributed by atoms with Gasteiger partial charge < -0.3 is 10.1 Å². The molecule has 0 bridgehead atoms. The molecule has 0 aliphatic heterocycles. The minimum atomic E-state index is -1.07. The highest BCUT2D eigenvalue weighted by Gasteiger charge is 2.23. The fraction of sp³-hybridized carbons (Fsp3) is 0. The Bertz CT molecular complexity index is 820. The molecule has 0 amide bonds. The number of aromatic amines is 1. The number of hydrogen-bond acceptors (Lipinski definition) is 2. The number of carbonyl (C=O) groups excluding carboxylic acids is 1. The van der Waals surface area contributed by atoms with Gasteiger partial charge in [0.1, 0.15) is 0 Å². The van der Waals surface area contributed by atoms with Crippen LogP contribution in [-0.2, 0) is 0 Å². The molecule has 3 rings (SSSR count). The van der Waals surface area contributed by atoms with Crippen LogP contribution >= 0.6 is 0 Å². The van der Waals surface area contributed by atoms with Gasteiger partial charge in [-0.2, -0.15) is 0 Å². The molecule has 108 valence electrons. The first kappa shape index (κ1) is 13.8. The first-order valence-corrected chi connectivity index (χ1v) is 6.78. The summed E-state index contributed by atoms with van der Waals surface area (Å²) < 4.78 is 0. The number of aromatic nitrogens is 1. The molecular weight excluding hydrogens is 278 g/mol. The summed E-state index contributed by atoms with van der Waals surface area (Å²) in [5.41, 5.74) is 2.00. The largest absolute Gasteiger partial charge is 0.478 e. The van der Waals surface area contributed by atoms with Gasteiger partial charge in [-0.25, -0.2) is 4.79 Å². The Hall–Kier alpha value is -3.14. The third kappa shape index (κ3) is 2.42. The van der Waals surface area contributed by atoms with Gasteiger partial charge in [0.25, 0.3) is 0 Å². The van der Waals surface area contributed by atoms with E-state index in [2.05, 4.69) is 4.98 Å². The van der Waals surface area contributed by atoms with Gasteiger partial charge in [-0.05, 0) is 5.56 Å². The van der Waals surface area contributed by atoms with E-state index in [-0.39, 0.29) is 17.0 Å². The van der Waals surface area contributed by atoms with Crippen LogP contribution in [0, 0.1) is 0 Å². The third-order valence-corrected chi connectivity index (χ3v) is 3.44. The standard InChI is InChI=1S/C18H13NO3/c20-17(13-9-5-2-6-10-13)16-15(12-7-3-1-4-8-12)14(11-19-16)18(21)22/h1-11,19H,(H,21,22). The van der Waals surface area contributed by atoms with Gasteiger partial charge in [-0.3, -0.25) is 4.79 Å². The van der Waals surface area contributed by atoms with E-state index in [0.29, 0.717) is 16.7 Å². The second-order valence-corrected chi connectivity index (χ2v) is 4.82. The second kappa shape index (κ2) is 5.69. The second-order valence-electron chi connectivity index (χ2n) is 4.82. The third-order valence-electron chi connectivity index (χ3n) is 3.44. The van der Waals surface area contributed by atoms with Gasteiger partial charge in [0, 0.05) is 17.3 Å². The van der Waals surface area contributed by atoms with Crippen LogP contribution in [0.25, 0.3) is 11.1 Å². The fourth-order valence-electron chi connectivity index (χ4n) is 2.41. The van der Waals surface area contributed by atoms with Crippen LogP contribution in [0.15, 0.2) is 66.9 Å². The molecule has 0 aliphatic rings. The van der Waals surface area contributed by atoms with Gasteiger partial charge in [0.05, 0.1) is 11.3 Å². The Balaban J connectivity index is 2.17. The van der Waals surface area contributed by atoms with Gasteiger partial charge in [-0.1, -0.05) is 60.7 Å². The summed E-state index contributed by atoms with van der Waals surface area (Å²) in [6, 6.07) is 17.8. The molecule has 4 nitrogen and oxygen atoms in total. The van der Waals surface area contributed by atoms with Crippen LogP contribution in [-0.4, -0.2) is 21.8 Å². The van der Waals surface area contributed by atoms with Crippen molar-refractivity contribution in [2.24, 2.45) is 0 Å². The van der Waals surface area contributed by atoms with Crippen LogP contribution in [0.4, 0.5) is 0 Å². The average Bonchev–Trinajstić information content (AvgIpc) is 3.01. The molecule has 0 atom stereocenters. The molecule has 0 saturated heterocycles. The SMILES string of the molecule is O=C(O)c1c[nH]c(C(=O)c2ccccc2)c1-c1ccccc1. The first-order chi connectivity index (χ1) is 10.7. The summed E-state index contributed by atoms with van der Waals surface area (Å²) in [6.07, 6.45) is 1.36. The molecular formula is C18H13NO3. The van der Waals surface area contributed by atoms with E-state index in [0.717, 1.165) is 0 Å². The highest BCUT2D eigenvalue weighted by molar-refractivity contribution is 6.14. The lowest BCUT2D eigenvalue weighted by Gasteiger charge is -2.06. The van der Waals surface area contributed by atoms with Gasteiger partial charge in [0.15, 0.2) is 0 Å². The van der Waals surface area contributed by atoms with Crippen LogP contribution < -0.4 is 0 Å². The number of carboxylic acid groups (broad SMARTS) is 1. The molecule has 0 fully saturated rings. The Morgan fingerprint density at radius 1 is 0.864 bits per heavy atom. The van der Waals surface area contributed by atoms with E-state index in [4.69, 9.17) is 0 Å². The lowest BCUT2D eigenvalue weighted by molar-refractivity contribution is 0.0698. The number of benzene rings is 2. The van der Waals surface area contributed by atoms with Crippen molar-refractivity contribution in [3.63, 3.8) is 0 Å². The van der Waals surface area contributed by atoms with Crippen LogP contribution in [0.5, 0.6) is 0 Å². The van der Waals surface area contributed by atoms with Crippen molar-refractivity contribution in [1.29, 1.82) is 0 Å². The first-order valence-electron chi connectivity index (χ1n) is 6.78. The zero-order valence-corrected chi connectivity index (χ0v) is 11.6. The molecule has 0 unspecified atom stereocenters. The summed E-state index contributed by atoms with van der Waals surface area (Å²) in [4.78, 5) is 26.9. The molecule has 0 radical (unpaired) electrons. The Morgan fingerprint density at radius 3 is 2.05 bits per heavy atom. The molecule has 1 heterocycles. The zero-order chi connectivity index (χ0) is 15.5. The molecule has 2 N–H and O–H groups in total. The summed E-state index contributed by atoms with van der Waals surface area (Å²) in [7, 11) is 0. The predicted molar refractivity (Wildman–Crippen MR) is 83.1 cm³/mol. The molecule has 1 aromatic heterocycles. The quantitative estimate of drug-likeness (QED) is 0.721. The van der Waals surface area contributed by atoms with E-state index in [9.17, 15) is 14.7 Å². The number of ketones is 1. The van der Waals surface area contributed by atoms with E-state index < -0.39 is 5.97 Å².